The van der Waals surface area contributed by atoms with Crippen LogP contribution < -0.4 is 9.80 Å². The zero-order chi connectivity index (χ0) is 39.5. The molecular weight excluding hydrogens is 713 g/mol. The van der Waals surface area contributed by atoms with Gasteiger partial charge in [0.2, 0.25) is 0 Å². The Balaban J connectivity index is 1.05. The number of rotatable bonds is 9. The summed E-state index contributed by atoms with van der Waals surface area (Å²) in [7, 11) is 0. The molecule has 0 heterocycles. The van der Waals surface area contributed by atoms with Crippen LogP contribution in [-0.4, -0.2) is 0 Å². The highest BCUT2D eigenvalue weighted by atomic mass is 15.1. The standard InChI is InChI=1S/C57H44N2/c1-41-16-8-11-25-51(41)54-39-38-50(40-55(54)46-17-4-2-5-18-46)59(57-29-15-22-45-20-10-13-27-53(45)57)49-36-32-43(33-37-49)42-30-34-48(35-31-42)58(47-23-6-3-7-24-47)56-28-14-21-44-19-9-12-26-52(44)56/h2-41,51H,1H3. The average Bonchev–Trinajstić information content (AvgIpc) is 3.31. The van der Waals surface area contributed by atoms with Crippen molar-refractivity contribution in [2.75, 3.05) is 9.80 Å². The van der Waals surface area contributed by atoms with Crippen molar-refractivity contribution in [3.63, 3.8) is 0 Å². The Morgan fingerprint density at radius 3 is 1.39 bits per heavy atom. The lowest BCUT2D eigenvalue weighted by atomic mass is 9.80. The Morgan fingerprint density at radius 1 is 0.356 bits per heavy atom. The van der Waals surface area contributed by atoms with Gasteiger partial charge in [-0.05, 0) is 105 Å². The van der Waals surface area contributed by atoms with E-state index in [1.165, 1.54) is 49.4 Å². The Labute approximate surface area is 347 Å². The maximum atomic E-state index is 2.42. The van der Waals surface area contributed by atoms with E-state index >= 15 is 0 Å². The van der Waals surface area contributed by atoms with Crippen molar-refractivity contribution in [2.24, 2.45) is 5.92 Å². The van der Waals surface area contributed by atoms with E-state index < -0.39 is 0 Å². The molecule has 9 aromatic carbocycles. The van der Waals surface area contributed by atoms with Gasteiger partial charge in [-0.1, -0.05) is 183 Å². The predicted octanol–water partition coefficient (Wildman–Crippen LogP) is 16.1. The Kier molecular flexibility index (Phi) is 9.66. The van der Waals surface area contributed by atoms with Crippen LogP contribution >= 0.6 is 0 Å². The van der Waals surface area contributed by atoms with E-state index in [0.29, 0.717) is 11.8 Å². The summed E-state index contributed by atoms with van der Waals surface area (Å²) < 4.78 is 0. The first-order valence-electron chi connectivity index (χ1n) is 20.6. The van der Waals surface area contributed by atoms with Gasteiger partial charge in [0.15, 0.2) is 0 Å². The molecule has 0 radical (unpaired) electrons. The SMILES string of the molecule is CC1C=CC=CC1c1ccc(N(c2ccc(-c3ccc(N(c4ccccc4)c4cccc5ccccc45)cc3)cc2)c2cccc3ccccc23)cc1-c1ccccc1. The molecule has 59 heavy (non-hydrogen) atoms. The summed E-state index contributed by atoms with van der Waals surface area (Å²) in [6.07, 6.45) is 9.02. The zero-order valence-electron chi connectivity index (χ0n) is 33.1. The monoisotopic (exact) mass is 756 g/mol. The number of anilines is 6. The second-order valence-electron chi connectivity index (χ2n) is 15.4. The van der Waals surface area contributed by atoms with E-state index in [1.54, 1.807) is 0 Å². The molecule has 9 aromatic rings. The number of para-hydroxylation sites is 1. The molecule has 0 fully saturated rings. The molecule has 2 unspecified atom stereocenters. The average molecular weight is 757 g/mol. The van der Waals surface area contributed by atoms with Crippen molar-refractivity contribution < 1.29 is 0 Å². The Bertz CT molecular complexity index is 2940. The minimum absolute atomic E-state index is 0.299. The highest BCUT2D eigenvalue weighted by Gasteiger charge is 2.23. The van der Waals surface area contributed by atoms with Crippen LogP contribution in [0, 0.1) is 5.92 Å². The summed E-state index contributed by atoms with van der Waals surface area (Å²) in [5, 5.41) is 4.87. The van der Waals surface area contributed by atoms with E-state index in [2.05, 4.69) is 253 Å². The van der Waals surface area contributed by atoms with Gasteiger partial charge in [-0.2, -0.15) is 0 Å². The second-order valence-corrected chi connectivity index (χ2v) is 15.4. The fourth-order valence-electron chi connectivity index (χ4n) is 8.79. The van der Waals surface area contributed by atoms with Crippen LogP contribution in [0.2, 0.25) is 0 Å². The molecule has 0 saturated carbocycles. The zero-order valence-corrected chi connectivity index (χ0v) is 33.1. The lowest BCUT2D eigenvalue weighted by molar-refractivity contribution is 0.636. The van der Waals surface area contributed by atoms with Crippen molar-refractivity contribution in [3.8, 4) is 22.3 Å². The van der Waals surface area contributed by atoms with Gasteiger partial charge < -0.3 is 9.80 Å². The van der Waals surface area contributed by atoms with E-state index in [-0.39, 0.29) is 0 Å². The molecule has 0 aliphatic heterocycles. The van der Waals surface area contributed by atoms with Crippen molar-refractivity contribution >= 4 is 55.7 Å². The summed E-state index contributed by atoms with van der Waals surface area (Å²) in [6.45, 7) is 2.31. The largest absolute Gasteiger partial charge is 0.310 e. The number of benzene rings is 9. The molecule has 0 aromatic heterocycles. The molecule has 2 nitrogen and oxygen atoms in total. The van der Waals surface area contributed by atoms with Gasteiger partial charge >= 0.3 is 0 Å². The number of hydrogen-bond acceptors (Lipinski definition) is 2. The Hall–Kier alpha value is -7.42. The molecule has 0 bridgehead atoms. The summed E-state index contributed by atoms with van der Waals surface area (Å²) in [5.74, 6) is 0.705. The van der Waals surface area contributed by atoms with Crippen LogP contribution in [0.3, 0.4) is 0 Å². The predicted molar refractivity (Wildman–Crippen MR) is 252 cm³/mol. The number of nitrogens with zero attached hydrogens (tertiary/aromatic N) is 2. The van der Waals surface area contributed by atoms with E-state index in [1.807, 2.05) is 0 Å². The third-order valence-electron chi connectivity index (χ3n) is 11.8. The molecule has 1 aliphatic carbocycles. The quantitative estimate of drug-likeness (QED) is 0.145. The molecule has 0 amide bonds. The van der Waals surface area contributed by atoms with Gasteiger partial charge in [-0.25, -0.2) is 0 Å². The number of allylic oxidation sites excluding steroid dienone is 4. The molecular formula is C57H44N2. The summed E-state index contributed by atoms with van der Waals surface area (Å²) in [4.78, 5) is 4.78. The molecule has 0 saturated heterocycles. The minimum atomic E-state index is 0.299. The van der Waals surface area contributed by atoms with Crippen LogP contribution in [-0.2, 0) is 0 Å². The third kappa shape index (κ3) is 7.00. The van der Waals surface area contributed by atoms with E-state index in [0.717, 1.165) is 34.1 Å². The van der Waals surface area contributed by atoms with Gasteiger partial charge in [-0.3, -0.25) is 0 Å². The summed E-state index contributed by atoms with van der Waals surface area (Å²) in [6, 6.07) is 77.0. The van der Waals surface area contributed by atoms with Crippen LogP contribution in [0.1, 0.15) is 18.4 Å². The molecule has 0 spiro atoms. The second kappa shape index (κ2) is 15.8. The fourth-order valence-corrected chi connectivity index (χ4v) is 8.79. The first-order valence-corrected chi connectivity index (χ1v) is 20.6. The van der Waals surface area contributed by atoms with Gasteiger partial charge in [0.1, 0.15) is 0 Å². The van der Waals surface area contributed by atoms with Crippen LogP contribution in [0.25, 0.3) is 43.8 Å². The normalized spacial score (nSPS) is 14.7. The first kappa shape index (κ1) is 36.0. The minimum Gasteiger partial charge on any atom is -0.310 e. The lowest BCUT2D eigenvalue weighted by Crippen LogP contribution is -2.13. The van der Waals surface area contributed by atoms with Gasteiger partial charge in [0.05, 0.1) is 11.4 Å². The van der Waals surface area contributed by atoms with Crippen molar-refractivity contribution in [3.05, 3.63) is 242 Å². The van der Waals surface area contributed by atoms with E-state index in [4.69, 9.17) is 0 Å². The van der Waals surface area contributed by atoms with Crippen LogP contribution in [0.15, 0.2) is 237 Å². The number of hydrogen-bond donors (Lipinski definition) is 0. The molecule has 2 heteroatoms. The maximum Gasteiger partial charge on any atom is 0.0540 e. The van der Waals surface area contributed by atoms with Crippen molar-refractivity contribution in [1.29, 1.82) is 0 Å². The van der Waals surface area contributed by atoms with Crippen molar-refractivity contribution in [1.82, 2.24) is 0 Å². The van der Waals surface area contributed by atoms with E-state index in [9.17, 15) is 0 Å². The first-order chi connectivity index (χ1) is 29.2. The third-order valence-corrected chi connectivity index (χ3v) is 11.8. The highest BCUT2D eigenvalue weighted by Crippen LogP contribution is 2.45. The molecule has 282 valence electrons. The van der Waals surface area contributed by atoms with Crippen molar-refractivity contribution in [2.45, 2.75) is 12.8 Å². The smallest absolute Gasteiger partial charge is 0.0540 e. The van der Waals surface area contributed by atoms with Crippen LogP contribution in [0.4, 0.5) is 34.1 Å². The molecule has 1 aliphatic rings. The summed E-state index contributed by atoms with van der Waals surface area (Å²) in [5.41, 5.74) is 12.9. The van der Waals surface area contributed by atoms with Gasteiger partial charge in [0.25, 0.3) is 0 Å². The lowest BCUT2D eigenvalue weighted by Gasteiger charge is -2.30. The van der Waals surface area contributed by atoms with Gasteiger partial charge in [-0.15, -0.1) is 0 Å². The highest BCUT2D eigenvalue weighted by molar-refractivity contribution is 6.00. The van der Waals surface area contributed by atoms with Crippen LogP contribution in [0.5, 0.6) is 0 Å². The topological polar surface area (TPSA) is 6.48 Å². The molecule has 10 rings (SSSR count). The summed E-state index contributed by atoms with van der Waals surface area (Å²) >= 11 is 0. The number of fused-ring (bicyclic) bond motifs is 2. The molecule has 2 atom stereocenters. The Morgan fingerprint density at radius 2 is 0.814 bits per heavy atom. The molecule has 0 N–H and O–H groups in total. The fraction of sp³-hybridized carbons (Fsp3) is 0.0526. The van der Waals surface area contributed by atoms with Gasteiger partial charge in [0, 0.05) is 39.4 Å². The maximum absolute atomic E-state index is 2.42.